The van der Waals surface area contributed by atoms with E-state index in [0.717, 1.165) is 12.0 Å². The van der Waals surface area contributed by atoms with Gasteiger partial charge in [0.2, 0.25) is 5.91 Å². The van der Waals surface area contributed by atoms with Crippen LogP contribution in [0.2, 0.25) is 0 Å². The first-order valence-corrected chi connectivity index (χ1v) is 6.77. The van der Waals surface area contributed by atoms with Gasteiger partial charge in [0, 0.05) is 30.9 Å². The third-order valence-electron chi connectivity index (χ3n) is 3.67. The number of rotatable bonds is 4. The summed E-state index contributed by atoms with van der Waals surface area (Å²) in [4.78, 5) is 16.0. The molecule has 0 radical (unpaired) electrons. The monoisotopic (exact) mass is 335 g/mol. The van der Waals surface area contributed by atoms with Crippen molar-refractivity contribution in [3.8, 4) is 0 Å². The summed E-state index contributed by atoms with van der Waals surface area (Å²) in [6.07, 6.45) is 5.76. The lowest BCUT2D eigenvalue weighted by molar-refractivity contribution is -0.126. The average Bonchev–Trinajstić information content (AvgIpc) is 2.43. The van der Waals surface area contributed by atoms with Gasteiger partial charge in [-0.05, 0) is 37.3 Å². The van der Waals surface area contributed by atoms with Crippen molar-refractivity contribution in [2.75, 3.05) is 6.54 Å². The Hall–Kier alpha value is -0.880. The molecule has 1 saturated carbocycles. The smallest absolute Gasteiger partial charge is 0.223 e. The van der Waals surface area contributed by atoms with Crippen LogP contribution in [0.3, 0.4) is 0 Å². The van der Waals surface area contributed by atoms with Crippen LogP contribution in [0.4, 0.5) is 0 Å². The van der Waals surface area contributed by atoms with Gasteiger partial charge in [0.25, 0.3) is 0 Å². The number of aliphatic hydroxyl groups is 1. The molecule has 1 aromatic rings. The molecule has 1 aliphatic rings. The van der Waals surface area contributed by atoms with Crippen molar-refractivity contribution in [2.24, 2.45) is 11.7 Å². The highest BCUT2D eigenvalue weighted by Gasteiger charge is 2.30. The molecule has 2 rings (SSSR count). The van der Waals surface area contributed by atoms with Crippen LogP contribution in [0.5, 0.6) is 0 Å². The largest absolute Gasteiger partial charge is 0.392 e. The second-order valence-electron chi connectivity index (χ2n) is 5.14. The fourth-order valence-electron chi connectivity index (χ4n) is 2.45. The first-order valence-electron chi connectivity index (χ1n) is 6.77. The minimum atomic E-state index is -0.459. The zero-order valence-corrected chi connectivity index (χ0v) is 13.4. The van der Waals surface area contributed by atoms with Crippen LogP contribution in [0.1, 0.15) is 24.8 Å². The molecular weight excluding hydrogens is 313 g/mol. The van der Waals surface area contributed by atoms with E-state index in [-0.39, 0.29) is 42.7 Å². The number of hydrogen-bond donors (Lipinski definition) is 3. The lowest BCUT2D eigenvalue weighted by atomic mass is 9.83. The fourth-order valence-corrected chi connectivity index (χ4v) is 2.45. The van der Waals surface area contributed by atoms with Crippen LogP contribution < -0.4 is 11.1 Å². The quantitative estimate of drug-likeness (QED) is 0.767. The highest BCUT2D eigenvalue weighted by atomic mass is 35.5. The van der Waals surface area contributed by atoms with Crippen molar-refractivity contribution in [2.45, 2.75) is 37.8 Å². The Morgan fingerprint density at radius 3 is 2.81 bits per heavy atom. The molecule has 0 bridgehead atoms. The number of carbonyl (C=O) groups is 1. The van der Waals surface area contributed by atoms with E-state index in [0.29, 0.717) is 25.8 Å². The van der Waals surface area contributed by atoms with Gasteiger partial charge in [-0.1, -0.05) is 6.07 Å². The molecule has 1 amide bonds. The second kappa shape index (κ2) is 9.95. The maximum atomic E-state index is 12.0. The zero-order chi connectivity index (χ0) is 13.7. The molecule has 1 aromatic heterocycles. The van der Waals surface area contributed by atoms with Gasteiger partial charge in [0.1, 0.15) is 0 Å². The maximum Gasteiger partial charge on any atom is 0.223 e. The molecule has 120 valence electrons. The third kappa shape index (κ3) is 6.18. The molecular formula is C14H23Cl2N3O2. The number of nitrogens with one attached hydrogen (secondary N) is 1. The second-order valence-corrected chi connectivity index (χ2v) is 5.14. The molecule has 0 unspecified atom stereocenters. The SMILES string of the molecule is Cl.Cl.N[C@@H]1C[C@@H](C(=O)NCCc2cccnc2)CC[C@H]1O. The van der Waals surface area contributed by atoms with Gasteiger partial charge in [-0.2, -0.15) is 0 Å². The van der Waals surface area contributed by atoms with Crippen LogP contribution in [0, 0.1) is 5.92 Å². The summed E-state index contributed by atoms with van der Waals surface area (Å²) < 4.78 is 0. The number of nitrogens with zero attached hydrogens (tertiary/aromatic N) is 1. The van der Waals surface area contributed by atoms with E-state index in [4.69, 9.17) is 5.73 Å². The number of aromatic nitrogens is 1. The van der Waals surface area contributed by atoms with Gasteiger partial charge in [-0.15, -0.1) is 24.8 Å². The summed E-state index contributed by atoms with van der Waals surface area (Å²) in [5.41, 5.74) is 6.90. The molecule has 0 saturated heterocycles. The maximum absolute atomic E-state index is 12.0. The zero-order valence-electron chi connectivity index (χ0n) is 11.8. The van der Waals surface area contributed by atoms with Gasteiger partial charge in [0.15, 0.2) is 0 Å². The van der Waals surface area contributed by atoms with Crippen molar-refractivity contribution in [1.29, 1.82) is 0 Å². The van der Waals surface area contributed by atoms with Crippen molar-refractivity contribution >= 4 is 30.7 Å². The summed E-state index contributed by atoms with van der Waals surface area (Å²) in [5, 5.41) is 12.5. The molecule has 5 nitrogen and oxygen atoms in total. The summed E-state index contributed by atoms with van der Waals surface area (Å²) in [7, 11) is 0. The fraction of sp³-hybridized carbons (Fsp3) is 0.571. The molecule has 1 heterocycles. The Labute approximate surface area is 137 Å². The van der Waals surface area contributed by atoms with E-state index < -0.39 is 6.10 Å². The Balaban J connectivity index is 0.00000200. The molecule has 0 aromatic carbocycles. The van der Waals surface area contributed by atoms with Crippen LogP contribution in [0.15, 0.2) is 24.5 Å². The summed E-state index contributed by atoms with van der Waals surface area (Å²) >= 11 is 0. The highest BCUT2D eigenvalue weighted by Crippen LogP contribution is 2.23. The molecule has 21 heavy (non-hydrogen) atoms. The van der Waals surface area contributed by atoms with E-state index in [1.54, 1.807) is 12.4 Å². The Bertz CT molecular complexity index is 420. The van der Waals surface area contributed by atoms with Crippen LogP contribution in [-0.4, -0.2) is 34.7 Å². The molecule has 0 spiro atoms. The van der Waals surface area contributed by atoms with Crippen molar-refractivity contribution < 1.29 is 9.90 Å². The Morgan fingerprint density at radius 2 is 2.19 bits per heavy atom. The van der Waals surface area contributed by atoms with Gasteiger partial charge in [0.05, 0.1) is 6.10 Å². The number of nitrogens with two attached hydrogens (primary N) is 1. The predicted octanol–water partition coefficient (Wildman–Crippen LogP) is 1.07. The minimum Gasteiger partial charge on any atom is -0.392 e. The lowest BCUT2D eigenvalue weighted by Gasteiger charge is -2.30. The van der Waals surface area contributed by atoms with Gasteiger partial charge in [-0.3, -0.25) is 9.78 Å². The summed E-state index contributed by atoms with van der Waals surface area (Å²) in [5.74, 6) is -0.0152. The molecule has 4 N–H and O–H groups in total. The number of aliphatic hydroxyl groups excluding tert-OH is 1. The normalized spacial score (nSPS) is 24.4. The van der Waals surface area contributed by atoms with Gasteiger partial charge in [-0.25, -0.2) is 0 Å². The summed E-state index contributed by atoms with van der Waals surface area (Å²) in [6, 6.07) is 3.60. The van der Waals surface area contributed by atoms with E-state index in [1.165, 1.54) is 0 Å². The van der Waals surface area contributed by atoms with Gasteiger partial charge < -0.3 is 16.2 Å². The number of amides is 1. The molecule has 1 aliphatic carbocycles. The number of pyridine rings is 1. The average molecular weight is 336 g/mol. The first kappa shape index (κ1) is 20.1. The van der Waals surface area contributed by atoms with E-state index in [1.807, 2.05) is 12.1 Å². The summed E-state index contributed by atoms with van der Waals surface area (Å²) in [6.45, 7) is 0.610. The van der Waals surface area contributed by atoms with E-state index in [2.05, 4.69) is 10.3 Å². The van der Waals surface area contributed by atoms with Crippen molar-refractivity contribution in [3.05, 3.63) is 30.1 Å². The standard InChI is InChI=1S/C14H21N3O2.2ClH/c15-12-8-11(3-4-13(12)18)14(19)17-7-5-10-2-1-6-16-9-10;;/h1-2,6,9,11-13,18H,3-5,7-8,15H2,(H,17,19);2*1H/t11-,12+,13+;;/m0../s1. The van der Waals surface area contributed by atoms with Crippen LogP contribution in [-0.2, 0) is 11.2 Å². The first-order chi connectivity index (χ1) is 9.16. The minimum absolute atomic E-state index is 0. The van der Waals surface area contributed by atoms with E-state index in [9.17, 15) is 9.90 Å². The molecule has 0 aliphatic heterocycles. The van der Waals surface area contributed by atoms with Crippen LogP contribution >= 0.6 is 24.8 Å². The highest BCUT2D eigenvalue weighted by molar-refractivity contribution is 5.85. The van der Waals surface area contributed by atoms with E-state index >= 15 is 0 Å². The topological polar surface area (TPSA) is 88.2 Å². The predicted molar refractivity (Wildman–Crippen MR) is 86.8 cm³/mol. The number of halogens is 2. The molecule has 7 heteroatoms. The van der Waals surface area contributed by atoms with Crippen LogP contribution in [0.25, 0.3) is 0 Å². The van der Waals surface area contributed by atoms with Gasteiger partial charge >= 0.3 is 0 Å². The Morgan fingerprint density at radius 1 is 1.43 bits per heavy atom. The third-order valence-corrected chi connectivity index (χ3v) is 3.67. The number of carbonyl (C=O) groups excluding carboxylic acids is 1. The molecule has 1 fully saturated rings. The van der Waals surface area contributed by atoms with Crippen molar-refractivity contribution in [1.82, 2.24) is 10.3 Å². The molecule has 3 atom stereocenters. The lowest BCUT2D eigenvalue weighted by Crippen LogP contribution is -2.45. The Kier molecular flexibility index (Phi) is 9.53. The van der Waals surface area contributed by atoms with Crippen molar-refractivity contribution in [3.63, 3.8) is 0 Å². The number of hydrogen-bond acceptors (Lipinski definition) is 4.